The van der Waals surface area contributed by atoms with E-state index < -0.39 is 0 Å². The summed E-state index contributed by atoms with van der Waals surface area (Å²) in [5.74, 6) is 0.501. The van der Waals surface area contributed by atoms with E-state index in [1.807, 2.05) is 60.8 Å². The van der Waals surface area contributed by atoms with Crippen molar-refractivity contribution < 1.29 is 4.79 Å². The molecule has 0 saturated carbocycles. The van der Waals surface area contributed by atoms with Gasteiger partial charge in [0, 0.05) is 18.2 Å². The van der Waals surface area contributed by atoms with Gasteiger partial charge in [-0.2, -0.15) is 9.90 Å². The van der Waals surface area contributed by atoms with Gasteiger partial charge in [-0.15, -0.1) is 10.2 Å². The van der Waals surface area contributed by atoms with Gasteiger partial charge < -0.3 is 5.32 Å². The number of nitrogens with zero attached hydrogens (tertiary/aromatic N) is 6. The zero-order valence-electron chi connectivity index (χ0n) is 15.4. The summed E-state index contributed by atoms with van der Waals surface area (Å²) in [6.07, 6.45) is 4.49. The standard InChI is InChI=1S/C20H18BrN7O/c21-16-13-22-27(14-16)18-10-5-4-9-17(18)23-19(29)11-6-12-28-25-20(24-26-28)15-7-2-1-3-8-15/h1-5,7-10,13-14H,6,11-12H2,(H,23,29). The molecule has 0 spiro atoms. The molecule has 4 rings (SSSR count). The molecule has 0 bridgehead atoms. The van der Waals surface area contributed by atoms with Crippen LogP contribution in [0, 0.1) is 0 Å². The first kappa shape index (κ1) is 19.0. The van der Waals surface area contributed by atoms with Crippen LogP contribution in [0.25, 0.3) is 17.1 Å². The lowest BCUT2D eigenvalue weighted by Gasteiger charge is -2.10. The first-order valence-corrected chi connectivity index (χ1v) is 9.91. The number of carbonyl (C=O) groups excluding carboxylic acids is 1. The van der Waals surface area contributed by atoms with Crippen LogP contribution in [0.2, 0.25) is 0 Å². The summed E-state index contributed by atoms with van der Waals surface area (Å²) in [5.41, 5.74) is 2.42. The van der Waals surface area contributed by atoms with Gasteiger partial charge in [0.15, 0.2) is 0 Å². The predicted octanol–water partition coefficient (Wildman–Crippen LogP) is 3.71. The molecule has 0 aliphatic carbocycles. The largest absolute Gasteiger partial charge is 0.324 e. The van der Waals surface area contributed by atoms with Gasteiger partial charge in [0.1, 0.15) is 0 Å². The van der Waals surface area contributed by atoms with Gasteiger partial charge in [-0.3, -0.25) is 4.79 Å². The number of hydrogen-bond donors (Lipinski definition) is 1. The van der Waals surface area contributed by atoms with E-state index >= 15 is 0 Å². The van der Waals surface area contributed by atoms with Crippen molar-refractivity contribution in [3.8, 4) is 17.1 Å². The minimum absolute atomic E-state index is 0.0768. The lowest BCUT2D eigenvalue weighted by molar-refractivity contribution is -0.116. The normalized spacial score (nSPS) is 10.8. The average Bonchev–Trinajstić information content (AvgIpc) is 3.38. The highest BCUT2D eigenvalue weighted by Gasteiger charge is 2.10. The second-order valence-corrected chi connectivity index (χ2v) is 7.26. The van der Waals surface area contributed by atoms with Crippen LogP contribution in [0.3, 0.4) is 0 Å². The second-order valence-electron chi connectivity index (χ2n) is 6.35. The number of carbonyl (C=O) groups is 1. The number of halogens is 1. The Bertz CT molecular complexity index is 1110. The fraction of sp³-hybridized carbons (Fsp3) is 0.150. The monoisotopic (exact) mass is 451 g/mol. The minimum Gasteiger partial charge on any atom is -0.324 e. The smallest absolute Gasteiger partial charge is 0.224 e. The summed E-state index contributed by atoms with van der Waals surface area (Å²) < 4.78 is 2.58. The Morgan fingerprint density at radius 2 is 1.86 bits per heavy atom. The Kier molecular flexibility index (Phi) is 5.76. The van der Waals surface area contributed by atoms with Crippen molar-refractivity contribution >= 4 is 27.5 Å². The Balaban J connectivity index is 1.33. The molecule has 0 aliphatic rings. The van der Waals surface area contributed by atoms with Crippen LogP contribution >= 0.6 is 15.9 Å². The number of aromatic nitrogens is 6. The zero-order chi connectivity index (χ0) is 20.1. The fourth-order valence-corrected chi connectivity index (χ4v) is 3.13. The molecule has 0 fully saturated rings. The van der Waals surface area contributed by atoms with Crippen LogP contribution in [-0.4, -0.2) is 35.9 Å². The van der Waals surface area contributed by atoms with Crippen LogP contribution in [0.4, 0.5) is 5.69 Å². The van der Waals surface area contributed by atoms with E-state index in [4.69, 9.17) is 0 Å². The second kappa shape index (κ2) is 8.78. The van der Waals surface area contributed by atoms with Crippen LogP contribution in [0.15, 0.2) is 71.5 Å². The number of tetrazole rings is 1. The van der Waals surface area contributed by atoms with Crippen molar-refractivity contribution in [1.82, 2.24) is 30.0 Å². The molecule has 29 heavy (non-hydrogen) atoms. The molecule has 146 valence electrons. The van der Waals surface area contributed by atoms with Crippen molar-refractivity contribution in [1.29, 1.82) is 0 Å². The van der Waals surface area contributed by atoms with E-state index in [1.165, 1.54) is 4.80 Å². The molecule has 2 aromatic carbocycles. The van der Waals surface area contributed by atoms with Crippen LogP contribution in [0.5, 0.6) is 0 Å². The molecule has 1 N–H and O–H groups in total. The summed E-state index contributed by atoms with van der Waals surface area (Å²) in [7, 11) is 0. The van der Waals surface area contributed by atoms with Gasteiger partial charge in [0.25, 0.3) is 0 Å². The van der Waals surface area contributed by atoms with E-state index in [0.29, 0.717) is 30.9 Å². The summed E-state index contributed by atoms with van der Waals surface area (Å²) in [6, 6.07) is 17.2. The SMILES string of the molecule is O=C(CCCn1nnc(-c2ccccc2)n1)Nc1ccccc1-n1cc(Br)cn1. The van der Waals surface area contributed by atoms with E-state index in [9.17, 15) is 4.79 Å². The maximum atomic E-state index is 12.4. The van der Waals surface area contributed by atoms with Crippen molar-refractivity contribution in [3.05, 3.63) is 71.5 Å². The summed E-state index contributed by atoms with van der Waals surface area (Å²) in [6.45, 7) is 0.515. The Morgan fingerprint density at radius 3 is 2.66 bits per heavy atom. The van der Waals surface area contributed by atoms with Gasteiger partial charge in [0.2, 0.25) is 11.7 Å². The highest BCUT2D eigenvalue weighted by atomic mass is 79.9. The molecule has 1 amide bonds. The summed E-state index contributed by atoms with van der Waals surface area (Å²) >= 11 is 3.39. The lowest BCUT2D eigenvalue weighted by Crippen LogP contribution is -2.15. The molecule has 0 saturated heterocycles. The maximum absolute atomic E-state index is 12.4. The number of hydrogen-bond acceptors (Lipinski definition) is 5. The van der Waals surface area contributed by atoms with Gasteiger partial charge in [-0.05, 0) is 39.7 Å². The van der Waals surface area contributed by atoms with E-state index in [0.717, 1.165) is 15.7 Å². The summed E-state index contributed by atoms with van der Waals surface area (Å²) in [5, 5.41) is 19.7. The number of nitrogens with one attached hydrogen (secondary N) is 1. The number of aryl methyl sites for hydroxylation is 1. The molecule has 0 radical (unpaired) electrons. The van der Waals surface area contributed by atoms with Crippen molar-refractivity contribution in [2.24, 2.45) is 0 Å². The van der Waals surface area contributed by atoms with E-state index in [2.05, 4.69) is 41.8 Å². The maximum Gasteiger partial charge on any atom is 0.224 e. The van der Waals surface area contributed by atoms with E-state index in [-0.39, 0.29) is 5.91 Å². The zero-order valence-corrected chi connectivity index (χ0v) is 17.0. The molecule has 4 aromatic rings. The molecular weight excluding hydrogens is 434 g/mol. The molecule has 9 heteroatoms. The fourth-order valence-electron chi connectivity index (χ4n) is 2.85. The van der Waals surface area contributed by atoms with Crippen LogP contribution < -0.4 is 5.32 Å². The number of rotatable bonds is 7. The third kappa shape index (κ3) is 4.75. The molecule has 2 heterocycles. The first-order chi connectivity index (χ1) is 14.2. The average molecular weight is 452 g/mol. The predicted molar refractivity (Wildman–Crippen MR) is 112 cm³/mol. The third-order valence-electron chi connectivity index (χ3n) is 4.22. The van der Waals surface area contributed by atoms with Gasteiger partial charge in [0.05, 0.1) is 28.6 Å². The Morgan fingerprint density at radius 1 is 1.07 bits per heavy atom. The molecule has 0 aliphatic heterocycles. The van der Waals surface area contributed by atoms with Crippen LogP contribution in [-0.2, 0) is 11.3 Å². The highest BCUT2D eigenvalue weighted by molar-refractivity contribution is 9.10. The number of anilines is 1. The van der Waals surface area contributed by atoms with Crippen molar-refractivity contribution in [2.45, 2.75) is 19.4 Å². The van der Waals surface area contributed by atoms with Crippen LogP contribution in [0.1, 0.15) is 12.8 Å². The van der Waals surface area contributed by atoms with Gasteiger partial charge in [-0.1, -0.05) is 42.5 Å². The number of benzene rings is 2. The number of amides is 1. The van der Waals surface area contributed by atoms with Crippen molar-refractivity contribution in [3.63, 3.8) is 0 Å². The van der Waals surface area contributed by atoms with Gasteiger partial charge >= 0.3 is 0 Å². The lowest BCUT2D eigenvalue weighted by atomic mass is 10.2. The molecule has 8 nitrogen and oxygen atoms in total. The third-order valence-corrected chi connectivity index (χ3v) is 4.63. The highest BCUT2D eigenvalue weighted by Crippen LogP contribution is 2.21. The molecule has 0 unspecified atom stereocenters. The van der Waals surface area contributed by atoms with Gasteiger partial charge in [-0.25, -0.2) is 4.68 Å². The summed E-state index contributed by atoms with van der Waals surface area (Å²) in [4.78, 5) is 13.9. The molecule has 2 aromatic heterocycles. The van der Waals surface area contributed by atoms with E-state index in [1.54, 1.807) is 10.9 Å². The molecular formula is C20H18BrN7O. The first-order valence-electron chi connectivity index (χ1n) is 9.12. The van der Waals surface area contributed by atoms with Crippen molar-refractivity contribution in [2.75, 3.05) is 5.32 Å². The quantitative estimate of drug-likeness (QED) is 0.462. The topological polar surface area (TPSA) is 90.5 Å². The minimum atomic E-state index is -0.0768. The Hall–Kier alpha value is -3.33. The number of para-hydroxylation sites is 2. The Labute approximate surface area is 175 Å². The molecule has 0 atom stereocenters.